The van der Waals surface area contributed by atoms with Crippen molar-refractivity contribution in [2.75, 3.05) is 13.7 Å². The Morgan fingerprint density at radius 3 is 2.30 bits per heavy atom. The fourth-order valence-corrected chi connectivity index (χ4v) is 3.96. The van der Waals surface area contributed by atoms with Crippen LogP contribution in [0.2, 0.25) is 0 Å². The van der Waals surface area contributed by atoms with E-state index in [0.717, 1.165) is 16.9 Å². The predicted molar refractivity (Wildman–Crippen MR) is 135 cm³/mol. The predicted octanol–water partition coefficient (Wildman–Crippen LogP) is 3.60. The molecule has 4 aromatic rings. The number of ether oxygens (including phenoxy) is 2. The summed E-state index contributed by atoms with van der Waals surface area (Å²) in [6.45, 7) is 4.87. The van der Waals surface area contributed by atoms with Crippen molar-refractivity contribution in [3.05, 3.63) is 94.6 Å². The lowest BCUT2D eigenvalue weighted by Crippen LogP contribution is -2.19. The Morgan fingerprint density at radius 1 is 0.973 bits per heavy atom. The second-order valence-electron chi connectivity index (χ2n) is 8.24. The number of aryl methyl sites for hydroxylation is 2. The number of tetrazole rings is 1. The van der Waals surface area contributed by atoms with Crippen LogP contribution in [0, 0.1) is 20.8 Å². The molecule has 37 heavy (non-hydrogen) atoms. The molecule has 0 aliphatic heterocycles. The zero-order valence-electron chi connectivity index (χ0n) is 20.8. The molecule has 2 aromatic carbocycles. The van der Waals surface area contributed by atoms with Crippen molar-refractivity contribution in [3.63, 3.8) is 0 Å². The number of ketones is 1. The van der Waals surface area contributed by atoms with E-state index in [9.17, 15) is 14.4 Å². The van der Waals surface area contributed by atoms with E-state index in [-0.39, 0.29) is 11.5 Å². The molecule has 0 spiro atoms. The zero-order chi connectivity index (χ0) is 26.5. The normalized spacial score (nSPS) is 11.3. The summed E-state index contributed by atoms with van der Waals surface area (Å²) in [7, 11) is 1.32. The molecular formula is C27H25N5O5. The van der Waals surface area contributed by atoms with E-state index in [1.54, 1.807) is 50.3 Å². The Bertz CT molecular complexity index is 1480. The monoisotopic (exact) mass is 499 g/mol. The third-order valence-corrected chi connectivity index (χ3v) is 5.78. The van der Waals surface area contributed by atoms with E-state index in [0.29, 0.717) is 22.6 Å². The van der Waals surface area contributed by atoms with Crippen LogP contribution in [-0.2, 0) is 14.3 Å². The number of methoxy groups -OCH3 is 1. The largest absolute Gasteiger partial charge is 0.465 e. The molecule has 2 aromatic heterocycles. The van der Waals surface area contributed by atoms with Gasteiger partial charge in [-0.1, -0.05) is 30.3 Å². The fraction of sp³-hybridized carbons (Fsp3) is 0.185. The van der Waals surface area contributed by atoms with Crippen LogP contribution in [0.25, 0.3) is 17.5 Å². The van der Waals surface area contributed by atoms with Crippen molar-refractivity contribution < 1.29 is 23.9 Å². The number of hydrogen-bond acceptors (Lipinski definition) is 8. The Morgan fingerprint density at radius 2 is 1.68 bits per heavy atom. The second-order valence-corrected chi connectivity index (χ2v) is 8.24. The summed E-state index contributed by atoms with van der Waals surface area (Å²) in [5, 5.41) is 11.3. The van der Waals surface area contributed by atoms with Crippen LogP contribution in [0.4, 0.5) is 0 Å². The van der Waals surface area contributed by atoms with Crippen LogP contribution in [-0.4, -0.2) is 56.2 Å². The smallest absolute Gasteiger partial charge is 0.357 e. The van der Waals surface area contributed by atoms with E-state index in [1.807, 2.05) is 41.8 Å². The van der Waals surface area contributed by atoms with Gasteiger partial charge in [0.2, 0.25) is 5.78 Å². The van der Waals surface area contributed by atoms with Crippen LogP contribution in [0.3, 0.4) is 0 Å². The van der Waals surface area contributed by atoms with Crippen molar-refractivity contribution in [2.24, 2.45) is 0 Å². The summed E-state index contributed by atoms with van der Waals surface area (Å²) in [5.41, 5.74) is 3.95. The van der Waals surface area contributed by atoms with Crippen molar-refractivity contribution in [1.29, 1.82) is 0 Å². The highest BCUT2D eigenvalue weighted by Gasteiger charge is 2.22. The van der Waals surface area contributed by atoms with Gasteiger partial charge in [-0.25, -0.2) is 9.59 Å². The van der Waals surface area contributed by atoms with E-state index >= 15 is 0 Å². The summed E-state index contributed by atoms with van der Waals surface area (Å²) < 4.78 is 13.3. The molecular weight excluding hydrogens is 474 g/mol. The van der Waals surface area contributed by atoms with Gasteiger partial charge >= 0.3 is 11.9 Å². The molecule has 0 saturated carbocycles. The number of esters is 2. The molecule has 0 bridgehead atoms. The number of carbonyl (C=O) groups is 3. The van der Waals surface area contributed by atoms with Crippen molar-refractivity contribution in [3.8, 4) is 5.69 Å². The number of carbonyl (C=O) groups excluding carboxylic acids is 3. The molecule has 0 aliphatic carbocycles. The summed E-state index contributed by atoms with van der Waals surface area (Å²) in [4.78, 5) is 37.8. The molecule has 10 nitrogen and oxygen atoms in total. The number of benzene rings is 2. The van der Waals surface area contributed by atoms with Gasteiger partial charge in [0, 0.05) is 22.6 Å². The van der Waals surface area contributed by atoms with Gasteiger partial charge in [-0.3, -0.25) is 4.79 Å². The van der Waals surface area contributed by atoms with Gasteiger partial charge in [0.1, 0.15) is 0 Å². The number of Topliss-reactive ketones (excluding diaryl/α,β-unsaturated/α-hetero) is 1. The van der Waals surface area contributed by atoms with E-state index in [2.05, 4.69) is 15.5 Å². The van der Waals surface area contributed by atoms with Crippen molar-refractivity contribution >= 4 is 29.5 Å². The van der Waals surface area contributed by atoms with Crippen molar-refractivity contribution in [1.82, 2.24) is 24.8 Å². The fourth-order valence-electron chi connectivity index (χ4n) is 3.96. The van der Waals surface area contributed by atoms with Gasteiger partial charge in [0.05, 0.1) is 12.7 Å². The van der Waals surface area contributed by atoms with Gasteiger partial charge in [-0.05, 0) is 73.2 Å². The van der Waals surface area contributed by atoms with Crippen molar-refractivity contribution in [2.45, 2.75) is 20.8 Å². The zero-order valence-corrected chi connectivity index (χ0v) is 20.8. The van der Waals surface area contributed by atoms with Gasteiger partial charge in [0.25, 0.3) is 0 Å². The molecule has 0 atom stereocenters. The molecule has 0 unspecified atom stereocenters. The summed E-state index contributed by atoms with van der Waals surface area (Å²) in [6.07, 6.45) is 1.60. The second kappa shape index (κ2) is 10.8. The molecule has 10 heteroatoms. The van der Waals surface area contributed by atoms with Gasteiger partial charge in [-0.15, -0.1) is 5.10 Å². The average molecular weight is 500 g/mol. The molecule has 188 valence electrons. The lowest BCUT2D eigenvalue weighted by atomic mass is 10.1. The Kier molecular flexibility index (Phi) is 7.38. The molecule has 0 N–H and O–H groups in total. The van der Waals surface area contributed by atoms with Crippen LogP contribution in [0.1, 0.15) is 43.5 Å². The highest BCUT2D eigenvalue weighted by Crippen LogP contribution is 2.22. The first kappa shape index (κ1) is 25.2. The maximum absolute atomic E-state index is 13.1. The lowest BCUT2D eigenvalue weighted by Gasteiger charge is -2.11. The summed E-state index contributed by atoms with van der Waals surface area (Å²) >= 11 is 0. The first-order chi connectivity index (χ1) is 17.8. The molecule has 4 rings (SSSR count). The van der Waals surface area contributed by atoms with Crippen LogP contribution in [0.15, 0.2) is 60.7 Å². The van der Waals surface area contributed by atoms with Gasteiger partial charge in [0.15, 0.2) is 18.1 Å². The standard InChI is InChI=1S/C27H25N5O5/c1-17-14-23(18(2)31(17)22-12-10-21(11-13-22)26(34)36-4)25(33)16-37-27(35)24(32-19(3)28-29-30-32)15-20-8-6-5-7-9-20/h5-15H,16H2,1-4H3/b24-15-. The minimum atomic E-state index is -0.736. The van der Waals surface area contributed by atoms with Crippen LogP contribution < -0.4 is 0 Å². The lowest BCUT2D eigenvalue weighted by molar-refractivity contribution is -0.136. The minimum absolute atomic E-state index is 0.0812. The minimum Gasteiger partial charge on any atom is -0.465 e. The first-order valence-corrected chi connectivity index (χ1v) is 11.4. The van der Waals surface area contributed by atoms with Gasteiger partial charge < -0.3 is 14.0 Å². The highest BCUT2D eigenvalue weighted by molar-refractivity contribution is 6.16. The number of rotatable bonds is 8. The maximum Gasteiger partial charge on any atom is 0.357 e. The van der Waals surface area contributed by atoms with E-state index in [1.165, 1.54) is 11.8 Å². The number of aromatic nitrogens is 5. The Balaban J connectivity index is 1.54. The number of nitrogens with zero attached hydrogens (tertiary/aromatic N) is 5. The molecule has 2 heterocycles. The van der Waals surface area contributed by atoms with E-state index in [4.69, 9.17) is 9.47 Å². The topological polar surface area (TPSA) is 118 Å². The Hall–Kier alpha value is -4.86. The van der Waals surface area contributed by atoms with Gasteiger partial charge in [-0.2, -0.15) is 4.68 Å². The SMILES string of the molecule is COC(=O)c1ccc(-n2c(C)cc(C(=O)COC(=O)/C(=C/c3ccccc3)n3nnnc3C)c2C)cc1. The maximum atomic E-state index is 13.1. The third-order valence-electron chi connectivity index (χ3n) is 5.78. The quantitative estimate of drug-likeness (QED) is 0.205. The Labute approximate surface area is 213 Å². The molecule has 0 saturated heterocycles. The number of hydrogen-bond donors (Lipinski definition) is 0. The first-order valence-electron chi connectivity index (χ1n) is 11.4. The van der Waals surface area contributed by atoms with E-state index < -0.39 is 18.5 Å². The molecule has 0 amide bonds. The molecule has 0 aliphatic rings. The third kappa shape index (κ3) is 5.37. The summed E-state index contributed by atoms with van der Waals surface area (Å²) in [5.74, 6) is -1.12. The molecule has 0 fully saturated rings. The summed E-state index contributed by atoms with van der Waals surface area (Å²) in [6, 6.07) is 17.8. The average Bonchev–Trinajstić information content (AvgIpc) is 3.47. The van der Waals surface area contributed by atoms with Crippen LogP contribution >= 0.6 is 0 Å². The van der Waals surface area contributed by atoms with Crippen LogP contribution in [0.5, 0.6) is 0 Å². The highest BCUT2D eigenvalue weighted by atomic mass is 16.5. The molecule has 0 radical (unpaired) electrons.